The standard InChI is InChI=1S/C15H22O/c1-3-4-5-6-7-8-11-14-12-9-10-13-15(14)16-2/h7-10,12-13H,3-6,11H2,1-2H3/b8-7+. The number of para-hydroxylation sites is 1. The number of methoxy groups -OCH3 is 1. The lowest BCUT2D eigenvalue weighted by Gasteiger charge is -2.04. The van der Waals surface area contributed by atoms with Gasteiger partial charge in [-0.1, -0.05) is 50.1 Å². The highest BCUT2D eigenvalue weighted by Crippen LogP contribution is 2.18. The van der Waals surface area contributed by atoms with Crippen LogP contribution in [0, 0.1) is 0 Å². The Kier molecular flexibility index (Phi) is 6.39. The van der Waals surface area contributed by atoms with Gasteiger partial charge < -0.3 is 4.74 Å². The van der Waals surface area contributed by atoms with Crippen LogP contribution in [-0.2, 0) is 6.42 Å². The van der Waals surface area contributed by atoms with Gasteiger partial charge in [0.25, 0.3) is 0 Å². The average Bonchev–Trinajstić information content (AvgIpc) is 2.34. The number of ether oxygens (including phenoxy) is 1. The molecule has 0 saturated heterocycles. The van der Waals surface area contributed by atoms with Crippen LogP contribution >= 0.6 is 0 Å². The first-order valence-electron chi connectivity index (χ1n) is 6.15. The Labute approximate surface area is 99.1 Å². The van der Waals surface area contributed by atoms with E-state index >= 15 is 0 Å². The molecule has 0 aliphatic carbocycles. The van der Waals surface area contributed by atoms with Gasteiger partial charge >= 0.3 is 0 Å². The summed E-state index contributed by atoms with van der Waals surface area (Å²) in [4.78, 5) is 0. The first-order chi connectivity index (χ1) is 7.88. The highest BCUT2D eigenvalue weighted by Gasteiger charge is 1.97. The molecular formula is C15H22O. The summed E-state index contributed by atoms with van der Waals surface area (Å²) in [5.74, 6) is 0.987. The minimum Gasteiger partial charge on any atom is -0.496 e. The topological polar surface area (TPSA) is 9.23 Å². The normalized spacial score (nSPS) is 10.9. The van der Waals surface area contributed by atoms with Crippen LogP contribution in [0.15, 0.2) is 36.4 Å². The first kappa shape index (κ1) is 12.8. The van der Waals surface area contributed by atoms with Crippen LogP contribution in [0.4, 0.5) is 0 Å². The summed E-state index contributed by atoms with van der Waals surface area (Å²) in [6.07, 6.45) is 10.6. The van der Waals surface area contributed by atoms with E-state index in [1.165, 1.54) is 31.2 Å². The quantitative estimate of drug-likeness (QED) is 0.487. The van der Waals surface area contributed by atoms with E-state index in [-0.39, 0.29) is 0 Å². The van der Waals surface area contributed by atoms with Gasteiger partial charge in [-0.2, -0.15) is 0 Å². The number of unbranched alkanes of at least 4 members (excludes halogenated alkanes) is 3. The van der Waals surface area contributed by atoms with Crippen molar-refractivity contribution in [3.05, 3.63) is 42.0 Å². The third kappa shape index (κ3) is 4.52. The fraction of sp³-hybridized carbons (Fsp3) is 0.467. The van der Waals surface area contributed by atoms with E-state index in [2.05, 4.69) is 31.2 Å². The van der Waals surface area contributed by atoms with E-state index < -0.39 is 0 Å². The van der Waals surface area contributed by atoms with Crippen molar-refractivity contribution in [2.45, 2.75) is 39.0 Å². The molecule has 0 fully saturated rings. The second kappa shape index (κ2) is 7.98. The Hall–Kier alpha value is -1.24. The van der Waals surface area contributed by atoms with Crippen LogP contribution in [0.5, 0.6) is 5.75 Å². The Morgan fingerprint density at radius 3 is 2.69 bits per heavy atom. The molecule has 0 aromatic heterocycles. The fourth-order valence-electron chi connectivity index (χ4n) is 1.71. The van der Waals surface area contributed by atoms with Crippen molar-refractivity contribution in [2.75, 3.05) is 7.11 Å². The van der Waals surface area contributed by atoms with Crippen molar-refractivity contribution in [1.29, 1.82) is 0 Å². The number of hydrogen-bond donors (Lipinski definition) is 0. The fourth-order valence-corrected chi connectivity index (χ4v) is 1.71. The molecule has 0 heterocycles. The molecule has 0 saturated carbocycles. The van der Waals surface area contributed by atoms with E-state index in [1.54, 1.807) is 7.11 Å². The molecule has 0 bridgehead atoms. The van der Waals surface area contributed by atoms with Crippen molar-refractivity contribution >= 4 is 0 Å². The lowest BCUT2D eigenvalue weighted by molar-refractivity contribution is 0.410. The van der Waals surface area contributed by atoms with Gasteiger partial charge in [-0.05, 0) is 30.9 Å². The maximum absolute atomic E-state index is 5.31. The van der Waals surface area contributed by atoms with Crippen molar-refractivity contribution in [3.8, 4) is 5.75 Å². The van der Waals surface area contributed by atoms with Crippen molar-refractivity contribution in [2.24, 2.45) is 0 Å². The smallest absolute Gasteiger partial charge is 0.122 e. The average molecular weight is 218 g/mol. The van der Waals surface area contributed by atoms with Crippen molar-refractivity contribution in [3.63, 3.8) is 0 Å². The maximum atomic E-state index is 5.31. The molecule has 0 aliphatic heterocycles. The molecule has 88 valence electrons. The highest BCUT2D eigenvalue weighted by atomic mass is 16.5. The van der Waals surface area contributed by atoms with Gasteiger partial charge in [0.1, 0.15) is 5.75 Å². The molecular weight excluding hydrogens is 196 g/mol. The van der Waals surface area contributed by atoms with Gasteiger partial charge in [-0.15, -0.1) is 0 Å². The van der Waals surface area contributed by atoms with E-state index in [1.807, 2.05) is 12.1 Å². The molecule has 0 N–H and O–H groups in total. The molecule has 16 heavy (non-hydrogen) atoms. The zero-order chi connectivity index (χ0) is 11.6. The number of hydrogen-bond acceptors (Lipinski definition) is 1. The molecule has 1 aromatic carbocycles. The lowest BCUT2D eigenvalue weighted by atomic mass is 10.1. The summed E-state index contributed by atoms with van der Waals surface area (Å²) in [6, 6.07) is 8.20. The SMILES string of the molecule is CCCCC/C=C/Cc1ccccc1OC. The van der Waals surface area contributed by atoms with Crippen molar-refractivity contribution < 1.29 is 4.74 Å². The van der Waals surface area contributed by atoms with Gasteiger partial charge in [-0.3, -0.25) is 0 Å². The third-order valence-corrected chi connectivity index (χ3v) is 2.67. The van der Waals surface area contributed by atoms with Crippen LogP contribution in [0.25, 0.3) is 0 Å². The molecule has 1 aromatic rings. The van der Waals surface area contributed by atoms with E-state index in [9.17, 15) is 0 Å². The largest absolute Gasteiger partial charge is 0.496 e. The van der Waals surface area contributed by atoms with Gasteiger partial charge in [0.15, 0.2) is 0 Å². The van der Waals surface area contributed by atoms with Crippen LogP contribution in [-0.4, -0.2) is 7.11 Å². The highest BCUT2D eigenvalue weighted by molar-refractivity contribution is 5.34. The predicted molar refractivity (Wildman–Crippen MR) is 70.0 cm³/mol. The number of benzene rings is 1. The van der Waals surface area contributed by atoms with Crippen LogP contribution in [0.2, 0.25) is 0 Å². The number of allylic oxidation sites excluding steroid dienone is 2. The second-order valence-electron chi connectivity index (χ2n) is 3.98. The summed E-state index contributed by atoms with van der Waals surface area (Å²) in [7, 11) is 1.73. The van der Waals surface area contributed by atoms with E-state index in [4.69, 9.17) is 4.74 Å². The third-order valence-electron chi connectivity index (χ3n) is 2.67. The summed E-state index contributed by atoms with van der Waals surface area (Å²) in [5.41, 5.74) is 1.26. The minimum atomic E-state index is 0.968. The van der Waals surface area contributed by atoms with Crippen molar-refractivity contribution in [1.82, 2.24) is 0 Å². The second-order valence-corrected chi connectivity index (χ2v) is 3.98. The molecule has 1 rings (SSSR count). The summed E-state index contributed by atoms with van der Waals surface area (Å²) in [5, 5.41) is 0. The Balaban J connectivity index is 2.36. The first-order valence-corrected chi connectivity index (χ1v) is 6.15. The molecule has 1 heteroatoms. The predicted octanol–water partition coefficient (Wildman–Crippen LogP) is 4.37. The van der Waals surface area contributed by atoms with Crippen LogP contribution < -0.4 is 4.74 Å². The molecule has 0 amide bonds. The summed E-state index contributed by atoms with van der Waals surface area (Å²) >= 11 is 0. The van der Waals surface area contributed by atoms with Gasteiger partial charge in [0, 0.05) is 0 Å². The summed E-state index contributed by atoms with van der Waals surface area (Å²) in [6.45, 7) is 2.23. The molecule has 0 atom stereocenters. The van der Waals surface area contributed by atoms with Crippen LogP contribution in [0.3, 0.4) is 0 Å². The summed E-state index contributed by atoms with van der Waals surface area (Å²) < 4.78 is 5.31. The monoisotopic (exact) mass is 218 g/mol. The van der Waals surface area contributed by atoms with Crippen LogP contribution in [0.1, 0.15) is 38.2 Å². The molecule has 0 radical (unpaired) electrons. The Morgan fingerprint density at radius 2 is 1.94 bits per heavy atom. The molecule has 1 nitrogen and oxygen atoms in total. The van der Waals surface area contributed by atoms with Gasteiger partial charge in [0.2, 0.25) is 0 Å². The Bertz CT molecular complexity index is 315. The maximum Gasteiger partial charge on any atom is 0.122 e. The van der Waals surface area contributed by atoms with E-state index in [0.29, 0.717) is 0 Å². The number of rotatable bonds is 7. The molecule has 0 spiro atoms. The molecule has 0 unspecified atom stereocenters. The zero-order valence-electron chi connectivity index (χ0n) is 10.4. The molecule has 0 aliphatic rings. The Morgan fingerprint density at radius 1 is 1.12 bits per heavy atom. The lowest BCUT2D eigenvalue weighted by Crippen LogP contribution is -1.89. The van der Waals surface area contributed by atoms with E-state index in [0.717, 1.165) is 12.2 Å². The zero-order valence-corrected chi connectivity index (χ0v) is 10.4. The minimum absolute atomic E-state index is 0.968. The van der Waals surface area contributed by atoms with Gasteiger partial charge in [-0.25, -0.2) is 0 Å². The van der Waals surface area contributed by atoms with Gasteiger partial charge in [0.05, 0.1) is 7.11 Å².